The molecule has 0 heterocycles. The Labute approximate surface area is 195 Å². The number of carbonyl (C=O) groups excluding carboxylic acids is 1. The number of hydrogen-bond donors (Lipinski definition) is 2. The van der Waals surface area contributed by atoms with Crippen molar-refractivity contribution < 1.29 is 24.5 Å². The van der Waals surface area contributed by atoms with Crippen LogP contribution >= 0.6 is 0 Å². The van der Waals surface area contributed by atoms with E-state index < -0.39 is 29.9 Å². The van der Waals surface area contributed by atoms with Crippen LogP contribution in [-0.4, -0.2) is 28.3 Å². The molecule has 0 saturated carbocycles. The molecule has 0 aromatic rings. The van der Waals surface area contributed by atoms with E-state index in [0.717, 1.165) is 17.6 Å². The van der Waals surface area contributed by atoms with Gasteiger partial charge in [0.2, 0.25) is 0 Å². The van der Waals surface area contributed by atoms with E-state index in [0.29, 0.717) is 5.76 Å². The van der Waals surface area contributed by atoms with Crippen molar-refractivity contribution in [3.05, 3.63) is 23.0 Å². The Morgan fingerprint density at radius 3 is 1.94 bits per heavy atom. The molecule has 0 bridgehead atoms. The summed E-state index contributed by atoms with van der Waals surface area (Å²) in [5, 5.41) is 20.5. The molecular weight excluding hydrogens is 404 g/mol. The Kier molecular flexibility index (Phi) is 8.15. The lowest BCUT2D eigenvalue weighted by molar-refractivity contribution is -0.163. The van der Waals surface area contributed by atoms with Gasteiger partial charge in [0.25, 0.3) is 0 Å². The normalized spacial score (nSPS) is 21.6. The number of hydrogen-bond acceptors (Lipinski definition) is 4. The van der Waals surface area contributed by atoms with Crippen molar-refractivity contribution >= 4 is 11.9 Å². The molecule has 184 valence electrons. The van der Waals surface area contributed by atoms with Crippen LogP contribution in [0.2, 0.25) is 0 Å². The third-order valence-corrected chi connectivity index (χ3v) is 7.43. The summed E-state index contributed by atoms with van der Waals surface area (Å²) in [5.74, 6) is -1.85. The molecule has 0 aromatic carbocycles. The van der Waals surface area contributed by atoms with Crippen molar-refractivity contribution in [1.29, 1.82) is 0 Å². The van der Waals surface area contributed by atoms with Gasteiger partial charge in [-0.1, -0.05) is 95.6 Å². The second kappa shape index (κ2) is 9.23. The van der Waals surface area contributed by atoms with Gasteiger partial charge in [0.1, 0.15) is 18.3 Å². The molecule has 0 spiro atoms. The zero-order valence-corrected chi connectivity index (χ0v) is 22.3. The van der Waals surface area contributed by atoms with Crippen LogP contribution in [0.15, 0.2) is 23.0 Å². The van der Waals surface area contributed by atoms with Crippen molar-refractivity contribution in [1.82, 2.24) is 0 Å². The van der Waals surface area contributed by atoms with Crippen LogP contribution in [0.25, 0.3) is 0 Å². The topological polar surface area (TPSA) is 83.8 Å². The van der Waals surface area contributed by atoms with Crippen LogP contribution in [0.4, 0.5) is 0 Å². The molecule has 1 aliphatic rings. The first-order valence-electron chi connectivity index (χ1n) is 11.8. The minimum absolute atomic E-state index is 0.0338. The number of aliphatic hydroxyl groups is 1. The lowest BCUT2D eigenvalue weighted by atomic mass is 9.56. The smallest absolute Gasteiger partial charge is 0.317 e. The van der Waals surface area contributed by atoms with E-state index in [2.05, 4.69) is 89.2 Å². The van der Waals surface area contributed by atoms with E-state index >= 15 is 0 Å². The number of aliphatic carboxylic acids is 1. The molecule has 0 radical (unpaired) electrons. The lowest BCUT2D eigenvalue weighted by Crippen LogP contribution is -2.48. The largest absolute Gasteiger partial charge is 0.508 e. The Bertz CT molecular complexity index is 784. The molecule has 3 atom stereocenters. The summed E-state index contributed by atoms with van der Waals surface area (Å²) < 4.78 is 5.98. The van der Waals surface area contributed by atoms with Crippen LogP contribution in [0, 0.1) is 33.5 Å². The van der Waals surface area contributed by atoms with Crippen molar-refractivity contribution in [3.8, 4) is 0 Å². The van der Waals surface area contributed by atoms with E-state index in [4.69, 9.17) is 9.84 Å². The first-order valence-corrected chi connectivity index (χ1v) is 11.8. The van der Waals surface area contributed by atoms with Gasteiger partial charge in [-0.2, -0.15) is 0 Å². The molecule has 0 aromatic heterocycles. The van der Waals surface area contributed by atoms with E-state index in [-0.39, 0.29) is 28.1 Å². The van der Waals surface area contributed by atoms with Crippen LogP contribution in [-0.2, 0) is 14.3 Å². The summed E-state index contributed by atoms with van der Waals surface area (Å²) in [5.41, 5.74) is 0.509. The summed E-state index contributed by atoms with van der Waals surface area (Å²) >= 11 is 0. The summed E-state index contributed by atoms with van der Waals surface area (Å²) in [7, 11) is 0. The monoisotopic (exact) mass is 450 g/mol. The second-order valence-electron chi connectivity index (χ2n) is 12.7. The van der Waals surface area contributed by atoms with Crippen molar-refractivity contribution in [2.24, 2.45) is 33.5 Å². The second-order valence-corrected chi connectivity index (χ2v) is 12.7. The Morgan fingerprint density at radius 2 is 1.56 bits per heavy atom. The number of carboxylic acids is 1. The number of esters is 1. The van der Waals surface area contributed by atoms with Crippen LogP contribution in [0.5, 0.6) is 0 Å². The summed E-state index contributed by atoms with van der Waals surface area (Å²) in [4.78, 5) is 23.7. The van der Waals surface area contributed by atoms with E-state index in [1.54, 1.807) is 0 Å². The highest BCUT2D eigenvalue weighted by molar-refractivity contribution is 5.90. The maximum atomic E-state index is 12.6. The minimum atomic E-state index is -1.20. The van der Waals surface area contributed by atoms with Crippen molar-refractivity contribution in [2.75, 3.05) is 0 Å². The molecule has 0 amide bonds. The van der Waals surface area contributed by atoms with Gasteiger partial charge in [0.05, 0.1) is 0 Å². The quantitative estimate of drug-likeness (QED) is 0.324. The van der Waals surface area contributed by atoms with Crippen LogP contribution in [0.3, 0.4) is 0 Å². The van der Waals surface area contributed by atoms with Crippen LogP contribution < -0.4 is 0 Å². The number of ether oxygens (including phenoxy) is 1. The van der Waals surface area contributed by atoms with E-state index in [9.17, 15) is 14.7 Å². The predicted octanol–water partition coefficient (Wildman–Crippen LogP) is 6.93. The number of rotatable bonds is 7. The van der Waals surface area contributed by atoms with Crippen molar-refractivity contribution in [2.45, 2.75) is 102 Å². The lowest BCUT2D eigenvalue weighted by Gasteiger charge is -2.51. The van der Waals surface area contributed by atoms with Gasteiger partial charge < -0.3 is 14.9 Å². The number of aliphatic hydroxyl groups excluding tert-OH is 1. The van der Waals surface area contributed by atoms with Gasteiger partial charge in [-0.3, -0.25) is 9.59 Å². The van der Waals surface area contributed by atoms with Gasteiger partial charge >= 0.3 is 11.9 Å². The van der Waals surface area contributed by atoms with Crippen molar-refractivity contribution in [3.63, 3.8) is 0 Å². The zero-order chi connectivity index (χ0) is 25.4. The molecular formula is C27H46O5. The van der Waals surface area contributed by atoms with Gasteiger partial charge in [-0.05, 0) is 38.7 Å². The number of carbonyl (C=O) groups is 2. The van der Waals surface area contributed by atoms with E-state index in [1.165, 1.54) is 0 Å². The maximum absolute atomic E-state index is 12.6. The molecule has 3 unspecified atom stereocenters. The highest BCUT2D eigenvalue weighted by Gasteiger charge is 2.51. The fourth-order valence-electron chi connectivity index (χ4n) is 5.08. The van der Waals surface area contributed by atoms with Gasteiger partial charge in [-0.25, -0.2) is 0 Å². The third kappa shape index (κ3) is 5.96. The van der Waals surface area contributed by atoms with Gasteiger partial charge in [0, 0.05) is 5.92 Å². The Balaban J connectivity index is 3.80. The maximum Gasteiger partial charge on any atom is 0.317 e. The van der Waals surface area contributed by atoms with Crippen LogP contribution in [0.1, 0.15) is 95.9 Å². The molecule has 5 heteroatoms. The first kappa shape index (κ1) is 28.3. The predicted molar refractivity (Wildman–Crippen MR) is 129 cm³/mol. The first-order chi connectivity index (χ1) is 14.2. The summed E-state index contributed by atoms with van der Waals surface area (Å²) in [6, 6.07) is 0. The van der Waals surface area contributed by atoms with Gasteiger partial charge in [-0.15, -0.1) is 0 Å². The van der Waals surface area contributed by atoms with Gasteiger partial charge in [0.15, 0.2) is 0 Å². The van der Waals surface area contributed by atoms with E-state index in [1.807, 2.05) is 0 Å². The SMILES string of the molecule is CCC(C)(C)C(C)C(OC(=O)CC(=O)O)C1C=C(C(C)(C)C)C(O)=C(C(C)(C)C)C1(C)C. The number of allylic oxidation sites excluding steroid dienone is 2. The third-order valence-electron chi connectivity index (χ3n) is 7.43. The Hall–Kier alpha value is -1.78. The zero-order valence-electron chi connectivity index (χ0n) is 22.3. The number of carboxylic acid groups (broad SMARTS) is 1. The molecule has 1 aliphatic carbocycles. The highest BCUT2D eigenvalue weighted by atomic mass is 16.5. The standard InChI is InChI=1S/C27H46O5/c1-13-26(9,10)16(2)22(32-20(30)15-19(28)29)18-14-17(24(3,4)5)21(31)23(25(6,7)8)27(18,11)12/h14,16,18,22,31H,13,15H2,1-12H3,(H,28,29). The highest BCUT2D eigenvalue weighted by Crippen LogP contribution is 2.56. The molecule has 0 fully saturated rings. The summed E-state index contributed by atoms with van der Waals surface area (Å²) in [6.07, 6.45) is 1.77. The molecule has 32 heavy (non-hydrogen) atoms. The molecule has 1 rings (SSSR count). The Morgan fingerprint density at radius 1 is 1.06 bits per heavy atom. The molecule has 5 nitrogen and oxygen atoms in total. The average molecular weight is 451 g/mol. The summed E-state index contributed by atoms with van der Waals surface area (Å²) in [6.45, 7) is 25.1. The minimum Gasteiger partial charge on any atom is -0.508 e. The molecule has 2 N–H and O–H groups in total. The fourth-order valence-corrected chi connectivity index (χ4v) is 5.08. The molecule has 0 aliphatic heterocycles. The average Bonchev–Trinajstić information content (AvgIpc) is 2.55. The molecule has 0 saturated heterocycles. The fraction of sp³-hybridized carbons (Fsp3) is 0.778.